The minimum atomic E-state index is -0.258. The second kappa shape index (κ2) is 8.30. The smallest absolute Gasteiger partial charge is 0.287 e. The van der Waals surface area contributed by atoms with Crippen LogP contribution in [0.5, 0.6) is 0 Å². The van der Waals surface area contributed by atoms with E-state index in [1.165, 1.54) is 31.4 Å². The van der Waals surface area contributed by atoms with Crippen molar-refractivity contribution in [3.63, 3.8) is 0 Å². The van der Waals surface area contributed by atoms with E-state index in [4.69, 9.17) is 4.42 Å². The Hall–Kier alpha value is -2.14. The number of likely N-dealkylation sites (tertiary alicyclic amines) is 1. The summed E-state index contributed by atoms with van der Waals surface area (Å²) in [7, 11) is 0. The molecule has 0 bridgehead atoms. The molecule has 1 aliphatic heterocycles. The predicted molar refractivity (Wildman–Crippen MR) is 95.0 cm³/mol. The monoisotopic (exact) mass is 344 g/mol. The first kappa shape index (κ1) is 17.7. The number of piperidine rings is 1. The van der Waals surface area contributed by atoms with Crippen LogP contribution in [0.2, 0.25) is 0 Å². The molecular formula is C20H25FN2O2. The van der Waals surface area contributed by atoms with Crippen LogP contribution in [-0.4, -0.2) is 30.4 Å². The Morgan fingerprint density at radius 3 is 2.80 bits per heavy atom. The van der Waals surface area contributed by atoms with Crippen molar-refractivity contribution in [3.05, 3.63) is 59.3 Å². The number of furan rings is 1. The molecule has 1 atom stereocenters. The first-order valence-corrected chi connectivity index (χ1v) is 9.00. The largest absolute Gasteiger partial charge is 0.454 e. The molecular weight excluding hydrogens is 319 g/mol. The molecule has 3 rings (SSSR count). The molecule has 1 saturated heterocycles. The molecule has 1 aliphatic rings. The number of amides is 1. The van der Waals surface area contributed by atoms with Crippen molar-refractivity contribution in [1.82, 2.24) is 10.2 Å². The van der Waals surface area contributed by atoms with Gasteiger partial charge in [-0.2, -0.15) is 0 Å². The highest BCUT2D eigenvalue weighted by molar-refractivity contribution is 5.91. The number of nitrogens with zero attached hydrogens (tertiary/aromatic N) is 1. The number of rotatable bonds is 6. The maximum Gasteiger partial charge on any atom is 0.287 e. The average Bonchev–Trinajstić information content (AvgIpc) is 3.12. The van der Waals surface area contributed by atoms with Gasteiger partial charge < -0.3 is 9.73 Å². The molecule has 2 heterocycles. The summed E-state index contributed by atoms with van der Waals surface area (Å²) in [6.45, 7) is 4.73. The van der Waals surface area contributed by atoms with E-state index in [-0.39, 0.29) is 17.8 Å². The highest BCUT2D eigenvalue weighted by Gasteiger charge is 2.22. The van der Waals surface area contributed by atoms with E-state index in [9.17, 15) is 9.18 Å². The molecule has 4 nitrogen and oxygen atoms in total. The summed E-state index contributed by atoms with van der Waals surface area (Å²) >= 11 is 0. The predicted octanol–water partition coefficient (Wildman–Crippen LogP) is 3.94. The first-order chi connectivity index (χ1) is 12.1. The Kier molecular flexibility index (Phi) is 5.87. The molecule has 0 aliphatic carbocycles. The maximum absolute atomic E-state index is 13.1. The average molecular weight is 344 g/mol. The van der Waals surface area contributed by atoms with Crippen molar-refractivity contribution in [1.29, 1.82) is 0 Å². The van der Waals surface area contributed by atoms with Crippen LogP contribution in [0.3, 0.4) is 0 Å². The van der Waals surface area contributed by atoms with Gasteiger partial charge in [0.15, 0.2) is 5.76 Å². The van der Waals surface area contributed by atoms with Crippen LogP contribution in [0, 0.1) is 5.82 Å². The topological polar surface area (TPSA) is 45.5 Å². The van der Waals surface area contributed by atoms with Gasteiger partial charge in [0.05, 0.1) is 6.04 Å². The Morgan fingerprint density at radius 2 is 2.04 bits per heavy atom. The number of benzene rings is 1. The van der Waals surface area contributed by atoms with Crippen molar-refractivity contribution in [2.24, 2.45) is 0 Å². The molecule has 134 valence electrons. The molecule has 0 spiro atoms. The summed E-state index contributed by atoms with van der Waals surface area (Å²) in [5, 5.41) is 2.83. The second-order valence-corrected chi connectivity index (χ2v) is 6.61. The van der Waals surface area contributed by atoms with Gasteiger partial charge in [0.25, 0.3) is 5.91 Å². The zero-order valence-electron chi connectivity index (χ0n) is 14.6. The lowest BCUT2D eigenvalue weighted by Gasteiger charge is -2.31. The van der Waals surface area contributed by atoms with E-state index >= 15 is 0 Å². The van der Waals surface area contributed by atoms with Crippen LogP contribution in [0.15, 0.2) is 40.8 Å². The van der Waals surface area contributed by atoms with Gasteiger partial charge in [0.2, 0.25) is 0 Å². The van der Waals surface area contributed by atoms with Gasteiger partial charge in [0.1, 0.15) is 11.6 Å². The van der Waals surface area contributed by atoms with Crippen molar-refractivity contribution in [3.8, 4) is 0 Å². The van der Waals surface area contributed by atoms with Gasteiger partial charge >= 0.3 is 0 Å². The van der Waals surface area contributed by atoms with E-state index in [1.54, 1.807) is 12.1 Å². The molecule has 0 saturated carbocycles. The lowest BCUT2D eigenvalue weighted by Crippen LogP contribution is -2.32. The third-order valence-corrected chi connectivity index (χ3v) is 4.79. The fourth-order valence-electron chi connectivity index (χ4n) is 3.28. The number of carbonyl (C=O) groups excluding carboxylic acids is 1. The molecule has 1 unspecified atom stereocenters. The van der Waals surface area contributed by atoms with Gasteiger partial charge in [-0.25, -0.2) is 4.39 Å². The molecule has 1 N–H and O–H groups in total. The van der Waals surface area contributed by atoms with Crippen LogP contribution in [-0.2, 0) is 6.42 Å². The van der Waals surface area contributed by atoms with Gasteiger partial charge in [0, 0.05) is 6.54 Å². The summed E-state index contributed by atoms with van der Waals surface area (Å²) in [6.07, 6.45) is 4.32. The molecule has 2 aromatic rings. The van der Waals surface area contributed by atoms with Crippen molar-refractivity contribution >= 4 is 5.91 Å². The van der Waals surface area contributed by atoms with E-state index < -0.39 is 0 Å². The van der Waals surface area contributed by atoms with Crippen LogP contribution < -0.4 is 5.32 Å². The zero-order valence-corrected chi connectivity index (χ0v) is 14.6. The Morgan fingerprint density at radius 1 is 1.24 bits per heavy atom. The Balaban J connectivity index is 1.51. The number of hydrogen-bond donors (Lipinski definition) is 1. The van der Waals surface area contributed by atoms with E-state index in [0.29, 0.717) is 18.7 Å². The van der Waals surface area contributed by atoms with Gasteiger partial charge in [-0.15, -0.1) is 0 Å². The quantitative estimate of drug-likeness (QED) is 0.863. The normalized spacial score (nSPS) is 16.6. The van der Waals surface area contributed by atoms with Gasteiger partial charge in [-0.3, -0.25) is 9.69 Å². The SMILES string of the molecule is CC(c1ccc(C(=O)NCCc2cccc(F)c2)o1)N1CCCCC1. The summed E-state index contributed by atoms with van der Waals surface area (Å²) < 4.78 is 18.9. The lowest BCUT2D eigenvalue weighted by atomic mass is 10.1. The van der Waals surface area contributed by atoms with Gasteiger partial charge in [-0.1, -0.05) is 18.6 Å². The lowest BCUT2D eigenvalue weighted by molar-refractivity contribution is 0.0917. The minimum absolute atomic E-state index is 0.189. The molecule has 1 aromatic heterocycles. The number of nitrogens with one attached hydrogen (secondary N) is 1. The zero-order chi connectivity index (χ0) is 17.6. The molecule has 25 heavy (non-hydrogen) atoms. The molecule has 1 aromatic carbocycles. The summed E-state index contributed by atoms with van der Waals surface area (Å²) in [5.41, 5.74) is 0.860. The van der Waals surface area contributed by atoms with Crippen molar-refractivity contribution < 1.29 is 13.6 Å². The molecule has 0 radical (unpaired) electrons. The maximum atomic E-state index is 13.1. The van der Waals surface area contributed by atoms with E-state index in [2.05, 4.69) is 17.1 Å². The van der Waals surface area contributed by atoms with Crippen molar-refractivity contribution in [2.75, 3.05) is 19.6 Å². The fourth-order valence-corrected chi connectivity index (χ4v) is 3.28. The summed E-state index contributed by atoms with van der Waals surface area (Å²) in [4.78, 5) is 14.6. The summed E-state index contributed by atoms with van der Waals surface area (Å²) in [5.74, 6) is 0.676. The third kappa shape index (κ3) is 4.69. The van der Waals surface area contributed by atoms with Gasteiger partial charge in [-0.05, 0) is 69.1 Å². The Labute approximate surface area is 148 Å². The first-order valence-electron chi connectivity index (χ1n) is 9.00. The molecule has 1 fully saturated rings. The number of carbonyl (C=O) groups is 1. The fraction of sp³-hybridized carbons (Fsp3) is 0.450. The van der Waals surface area contributed by atoms with E-state index in [0.717, 1.165) is 24.4 Å². The molecule has 5 heteroatoms. The molecule has 1 amide bonds. The number of halogens is 1. The summed E-state index contributed by atoms with van der Waals surface area (Å²) in [6, 6.07) is 10.2. The highest BCUT2D eigenvalue weighted by Crippen LogP contribution is 2.25. The van der Waals surface area contributed by atoms with Crippen LogP contribution >= 0.6 is 0 Å². The second-order valence-electron chi connectivity index (χ2n) is 6.61. The van der Waals surface area contributed by atoms with E-state index in [1.807, 2.05) is 12.1 Å². The third-order valence-electron chi connectivity index (χ3n) is 4.79. The van der Waals surface area contributed by atoms with Crippen LogP contribution in [0.25, 0.3) is 0 Å². The van der Waals surface area contributed by atoms with Crippen molar-refractivity contribution in [2.45, 2.75) is 38.6 Å². The highest BCUT2D eigenvalue weighted by atomic mass is 19.1. The standard InChI is InChI=1S/C20H25FN2O2/c1-15(23-12-3-2-4-13-23)18-8-9-19(25-18)20(24)22-11-10-16-6-5-7-17(21)14-16/h5-9,14-15H,2-4,10-13H2,1H3,(H,22,24). The minimum Gasteiger partial charge on any atom is -0.454 e. The van der Waals surface area contributed by atoms with Crippen LogP contribution in [0.4, 0.5) is 4.39 Å². The number of hydrogen-bond acceptors (Lipinski definition) is 3. The Bertz CT molecular complexity index is 707. The van der Waals surface area contributed by atoms with Crippen LogP contribution in [0.1, 0.15) is 54.1 Å².